The van der Waals surface area contributed by atoms with Gasteiger partial charge in [0, 0.05) is 28.5 Å². The smallest absolute Gasteiger partial charge is 0.185 e. The monoisotopic (exact) mass is 544 g/mol. The summed E-state index contributed by atoms with van der Waals surface area (Å²) in [6.45, 7) is 1.16. The second-order valence-corrected chi connectivity index (χ2v) is 11.5. The van der Waals surface area contributed by atoms with Crippen LogP contribution in [0.2, 0.25) is 5.02 Å². The van der Waals surface area contributed by atoms with Gasteiger partial charge in [-0.15, -0.1) is 11.3 Å². The van der Waals surface area contributed by atoms with E-state index in [9.17, 15) is 12.8 Å². The lowest BCUT2D eigenvalue weighted by molar-refractivity contribution is 0.401. The Kier molecular flexibility index (Phi) is 6.57. The van der Waals surface area contributed by atoms with Gasteiger partial charge in [0.05, 0.1) is 23.1 Å². The van der Waals surface area contributed by atoms with Crippen molar-refractivity contribution in [3.63, 3.8) is 0 Å². The van der Waals surface area contributed by atoms with E-state index in [0.717, 1.165) is 16.4 Å². The molecule has 0 amide bonds. The number of sulfone groups is 1. The van der Waals surface area contributed by atoms with E-state index in [1.165, 1.54) is 24.5 Å². The van der Waals surface area contributed by atoms with E-state index in [-0.39, 0.29) is 9.92 Å². The van der Waals surface area contributed by atoms with E-state index in [0.29, 0.717) is 36.2 Å². The Morgan fingerprint density at radius 3 is 2.65 bits per heavy atom. The topological polar surface area (TPSA) is 59.5 Å². The van der Waals surface area contributed by atoms with E-state index in [2.05, 4.69) is 25.8 Å². The summed E-state index contributed by atoms with van der Waals surface area (Å²) in [5.74, 6) is -0.112. The highest BCUT2D eigenvalue weighted by Crippen LogP contribution is 2.35. The number of hydrogen-bond acceptors (Lipinski definition) is 6. The lowest BCUT2D eigenvalue weighted by Gasteiger charge is -2.31. The van der Waals surface area contributed by atoms with Crippen molar-refractivity contribution in [2.75, 3.05) is 25.1 Å². The van der Waals surface area contributed by atoms with E-state index in [1.54, 1.807) is 30.3 Å². The van der Waals surface area contributed by atoms with Gasteiger partial charge in [-0.05, 0) is 49.2 Å². The van der Waals surface area contributed by atoms with Crippen molar-refractivity contribution in [3.05, 3.63) is 57.1 Å². The first-order chi connectivity index (χ1) is 14.8. The number of anilines is 1. The molecule has 0 saturated carbocycles. The van der Waals surface area contributed by atoms with Crippen LogP contribution < -0.4 is 9.64 Å². The summed E-state index contributed by atoms with van der Waals surface area (Å²) in [5, 5.41) is 2.28. The van der Waals surface area contributed by atoms with Gasteiger partial charge < -0.3 is 9.64 Å². The molecule has 1 saturated heterocycles. The van der Waals surface area contributed by atoms with Crippen molar-refractivity contribution in [1.29, 1.82) is 0 Å². The van der Waals surface area contributed by atoms with Gasteiger partial charge in [-0.3, -0.25) is 0 Å². The maximum absolute atomic E-state index is 13.4. The van der Waals surface area contributed by atoms with Gasteiger partial charge in [0.1, 0.15) is 16.5 Å². The standard InChI is InChI=1S/C21H19BrClFN2O3S2/c1-29-19-5-3-14(22)11-20(19)31(27,28)15-6-8-26(9-7-15)21-25-18(12-30-21)13-2-4-17(24)16(23)10-13/h2-5,10-12,15H,6-9H2,1H3. The highest BCUT2D eigenvalue weighted by molar-refractivity contribution is 9.10. The number of nitrogens with zero attached hydrogens (tertiary/aromatic N) is 2. The van der Waals surface area contributed by atoms with Crippen molar-refractivity contribution < 1.29 is 17.5 Å². The van der Waals surface area contributed by atoms with Gasteiger partial charge in [-0.1, -0.05) is 27.5 Å². The first kappa shape index (κ1) is 22.5. The number of thiazole rings is 1. The molecule has 2 heterocycles. The summed E-state index contributed by atoms with van der Waals surface area (Å²) in [6, 6.07) is 9.54. The molecule has 0 spiro atoms. The fourth-order valence-corrected chi connectivity index (χ4v) is 7.10. The Labute approximate surface area is 197 Å². The van der Waals surface area contributed by atoms with Gasteiger partial charge in [0.25, 0.3) is 0 Å². The molecule has 164 valence electrons. The van der Waals surface area contributed by atoms with Crippen LogP contribution in [0.3, 0.4) is 0 Å². The predicted molar refractivity (Wildman–Crippen MR) is 126 cm³/mol. The largest absolute Gasteiger partial charge is 0.495 e. The molecule has 1 aromatic heterocycles. The minimum Gasteiger partial charge on any atom is -0.495 e. The van der Waals surface area contributed by atoms with Crippen LogP contribution in [0.15, 0.2) is 51.1 Å². The molecule has 0 radical (unpaired) electrons. The number of ether oxygens (including phenoxy) is 1. The first-order valence-electron chi connectivity index (χ1n) is 9.53. The van der Waals surface area contributed by atoms with Crippen LogP contribution in [0.5, 0.6) is 5.75 Å². The molecule has 1 aliphatic heterocycles. The number of benzene rings is 2. The highest BCUT2D eigenvalue weighted by Gasteiger charge is 2.34. The Morgan fingerprint density at radius 1 is 1.23 bits per heavy atom. The van der Waals surface area contributed by atoms with E-state index in [1.807, 2.05) is 5.38 Å². The average Bonchev–Trinajstić information content (AvgIpc) is 3.26. The molecule has 5 nitrogen and oxygen atoms in total. The number of aromatic nitrogens is 1. The van der Waals surface area contributed by atoms with E-state index >= 15 is 0 Å². The second-order valence-electron chi connectivity index (χ2n) is 7.17. The summed E-state index contributed by atoms with van der Waals surface area (Å²) in [6.07, 6.45) is 0.991. The number of halogens is 3. The fraction of sp³-hybridized carbons (Fsp3) is 0.286. The molecule has 1 fully saturated rings. The quantitative estimate of drug-likeness (QED) is 0.405. The molecule has 0 bridgehead atoms. The molecule has 0 unspecified atom stereocenters. The molecule has 3 aromatic rings. The summed E-state index contributed by atoms with van der Waals surface area (Å²) in [7, 11) is -2.06. The SMILES string of the molecule is COc1ccc(Br)cc1S(=O)(=O)C1CCN(c2nc(-c3ccc(F)c(Cl)c3)cs2)CC1. The molecule has 4 rings (SSSR count). The van der Waals surface area contributed by atoms with Crippen LogP contribution >= 0.6 is 38.9 Å². The van der Waals surface area contributed by atoms with Crippen molar-refractivity contribution in [1.82, 2.24) is 4.98 Å². The van der Waals surface area contributed by atoms with Gasteiger partial charge in [0.2, 0.25) is 0 Å². The zero-order chi connectivity index (χ0) is 22.2. The Balaban J connectivity index is 1.49. The van der Waals surface area contributed by atoms with Crippen LogP contribution in [0.4, 0.5) is 9.52 Å². The molecule has 10 heteroatoms. The molecular weight excluding hydrogens is 527 g/mol. The summed E-state index contributed by atoms with van der Waals surface area (Å²) in [4.78, 5) is 6.95. The minimum atomic E-state index is -3.53. The maximum atomic E-state index is 13.4. The molecule has 0 N–H and O–H groups in total. The van der Waals surface area contributed by atoms with Crippen LogP contribution in [-0.4, -0.2) is 38.9 Å². The molecule has 0 aliphatic carbocycles. The number of methoxy groups -OCH3 is 1. The minimum absolute atomic E-state index is 0.0565. The summed E-state index contributed by atoms with van der Waals surface area (Å²) < 4.78 is 45.9. The van der Waals surface area contributed by atoms with E-state index in [4.69, 9.17) is 16.3 Å². The van der Waals surface area contributed by atoms with Gasteiger partial charge in [-0.2, -0.15) is 0 Å². The third-order valence-electron chi connectivity index (χ3n) is 5.29. The van der Waals surface area contributed by atoms with Crippen LogP contribution in [-0.2, 0) is 9.84 Å². The first-order valence-corrected chi connectivity index (χ1v) is 13.1. The Morgan fingerprint density at radius 2 is 1.97 bits per heavy atom. The Hall–Kier alpha value is -1.68. The molecule has 31 heavy (non-hydrogen) atoms. The van der Waals surface area contributed by atoms with E-state index < -0.39 is 20.9 Å². The zero-order valence-corrected chi connectivity index (χ0v) is 20.5. The second kappa shape index (κ2) is 9.05. The highest BCUT2D eigenvalue weighted by atomic mass is 79.9. The third kappa shape index (κ3) is 4.60. The summed E-state index contributed by atoms with van der Waals surface area (Å²) >= 11 is 10.7. The van der Waals surface area contributed by atoms with Gasteiger partial charge in [-0.25, -0.2) is 17.8 Å². The van der Waals surface area contributed by atoms with Crippen LogP contribution in [0, 0.1) is 5.82 Å². The lowest BCUT2D eigenvalue weighted by Crippen LogP contribution is -2.39. The van der Waals surface area contributed by atoms with Gasteiger partial charge >= 0.3 is 0 Å². The molecule has 0 atom stereocenters. The van der Waals surface area contributed by atoms with Crippen LogP contribution in [0.25, 0.3) is 11.3 Å². The molecule has 1 aliphatic rings. The number of rotatable bonds is 5. The summed E-state index contributed by atoms with van der Waals surface area (Å²) in [5.41, 5.74) is 1.46. The normalized spacial score (nSPS) is 15.3. The molecular formula is C21H19BrClFN2O3S2. The van der Waals surface area contributed by atoms with Crippen molar-refractivity contribution in [2.45, 2.75) is 23.0 Å². The maximum Gasteiger partial charge on any atom is 0.185 e. The lowest BCUT2D eigenvalue weighted by atomic mass is 10.1. The number of piperidine rings is 1. The van der Waals surface area contributed by atoms with Crippen LogP contribution in [0.1, 0.15) is 12.8 Å². The van der Waals surface area contributed by atoms with Crippen molar-refractivity contribution in [2.24, 2.45) is 0 Å². The molecule has 2 aromatic carbocycles. The Bertz CT molecular complexity index is 1210. The van der Waals surface area contributed by atoms with Gasteiger partial charge in [0.15, 0.2) is 15.0 Å². The van der Waals surface area contributed by atoms with Crippen molar-refractivity contribution >= 4 is 53.8 Å². The fourth-order valence-electron chi connectivity index (χ4n) is 3.61. The number of hydrogen-bond donors (Lipinski definition) is 0. The van der Waals surface area contributed by atoms with Crippen molar-refractivity contribution in [3.8, 4) is 17.0 Å². The predicted octanol–water partition coefficient (Wildman–Crippen LogP) is 5.82. The third-order valence-corrected chi connectivity index (χ3v) is 9.26. The zero-order valence-electron chi connectivity index (χ0n) is 16.5. The average molecular weight is 546 g/mol.